The predicted molar refractivity (Wildman–Crippen MR) is 128 cm³/mol. The molecule has 8 nitrogen and oxygen atoms in total. The molecule has 0 spiro atoms. The van der Waals surface area contributed by atoms with Gasteiger partial charge >= 0.3 is 12.1 Å². The first-order valence-electron chi connectivity index (χ1n) is 11.1. The summed E-state index contributed by atoms with van der Waals surface area (Å²) in [6.45, 7) is 7.10. The van der Waals surface area contributed by atoms with Crippen molar-refractivity contribution in [3.63, 3.8) is 0 Å². The minimum absolute atomic E-state index is 0.102. The van der Waals surface area contributed by atoms with Crippen LogP contribution in [0.25, 0.3) is 0 Å². The Hall–Kier alpha value is -2.91. The van der Waals surface area contributed by atoms with E-state index in [4.69, 9.17) is 8.92 Å². The summed E-state index contributed by atoms with van der Waals surface area (Å²) >= 11 is 0. The zero-order valence-corrected chi connectivity index (χ0v) is 20.9. The number of nitrogens with one attached hydrogen (secondary N) is 1. The lowest BCUT2D eigenvalue weighted by atomic mass is 10.0. The van der Waals surface area contributed by atoms with Crippen molar-refractivity contribution in [2.24, 2.45) is 0 Å². The van der Waals surface area contributed by atoms with Crippen LogP contribution in [0.3, 0.4) is 0 Å². The fourth-order valence-electron chi connectivity index (χ4n) is 3.10. The molecule has 2 N–H and O–H groups in total. The SMILES string of the molecule is Cc1ccc(S(=O)(=O)OCCCCc2ccc(CC(NC(=O)OC(C)(C)C)C(=O)O)cc2)cc1. The maximum absolute atomic E-state index is 12.2. The summed E-state index contributed by atoms with van der Waals surface area (Å²) in [4.78, 5) is 23.6. The van der Waals surface area contributed by atoms with Gasteiger partial charge in [0.1, 0.15) is 11.6 Å². The van der Waals surface area contributed by atoms with Gasteiger partial charge in [0.15, 0.2) is 0 Å². The van der Waals surface area contributed by atoms with E-state index in [9.17, 15) is 23.1 Å². The molecule has 1 amide bonds. The number of unbranched alkanes of at least 4 members (excludes halogenated alkanes) is 1. The third kappa shape index (κ3) is 9.52. The monoisotopic (exact) mass is 491 g/mol. The molecule has 1 atom stereocenters. The van der Waals surface area contributed by atoms with Crippen molar-refractivity contribution >= 4 is 22.2 Å². The summed E-state index contributed by atoms with van der Waals surface area (Å²) in [6, 6.07) is 12.8. The number of alkyl carbamates (subject to hydrolysis) is 1. The molecule has 0 aliphatic carbocycles. The smallest absolute Gasteiger partial charge is 0.408 e. The molecule has 1 unspecified atom stereocenters. The summed E-state index contributed by atoms with van der Waals surface area (Å²) < 4.78 is 34.6. The second kappa shape index (κ2) is 12.0. The summed E-state index contributed by atoms with van der Waals surface area (Å²) in [6.07, 6.45) is 1.39. The van der Waals surface area contributed by atoms with Crippen molar-refractivity contribution < 1.29 is 32.0 Å². The Balaban J connectivity index is 1.79. The average molecular weight is 492 g/mol. The van der Waals surface area contributed by atoms with Crippen LogP contribution in [0.2, 0.25) is 0 Å². The second-order valence-electron chi connectivity index (χ2n) is 9.10. The number of carboxylic acid groups (broad SMARTS) is 1. The van der Waals surface area contributed by atoms with Gasteiger partial charge in [0.05, 0.1) is 11.5 Å². The van der Waals surface area contributed by atoms with E-state index in [0.29, 0.717) is 6.42 Å². The van der Waals surface area contributed by atoms with Crippen LogP contribution in [-0.2, 0) is 36.7 Å². The molecule has 2 rings (SSSR count). The number of aliphatic carboxylic acids is 1. The molecule has 2 aromatic rings. The third-order valence-corrected chi connectivity index (χ3v) is 6.19. The Morgan fingerprint density at radius 1 is 0.971 bits per heavy atom. The van der Waals surface area contributed by atoms with E-state index in [1.807, 2.05) is 31.2 Å². The predicted octanol–water partition coefficient (Wildman–Crippen LogP) is 4.24. The van der Waals surface area contributed by atoms with Gasteiger partial charge in [-0.05, 0) is 70.2 Å². The van der Waals surface area contributed by atoms with Crippen LogP contribution in [0.1, 0.15) is 50.3 Å². The first-order valence-corrected chi connectivity index (χ1v) is 12.5. The number of rotatable bonds is 11. The molecular weight excluding hydrogens is 458 g/mol. The van der Waals surface area contributed by atoms with Gasteiger partial charge in [0.2, 0.25) is 0 Å². The molecule has 0 aliphatic rings. The van der Waals surface area contributed by atoms with Crippen molar-refractivity contribution in [3.05, 3.63) is 65.2 Å². The summed E-state index contributed by atoms with van der Waals surface area (Å²) in [7, 11) is -3.75. The van der Waals surface area contributed by atoms with Gasteiger partial charge in [-0.15, -0.1) is 0 Å². The lowest BCUT2D eigenvalue weighted by Crippen LogP contribution is -2.44. The Morgan fingerprint density at radius 3 is 2.12 bits per heavy atom. The van der Waals surface area contributed by atoms with Gasteiger partial charge in [0, 0.05) is 6.42 Å². The van der Waals surface area contributed by atoms with Gasteiger partial charge in [-0.1, -0.05) is 42.0 Å². The number of hydrogen-bond donors (Lipinski definition) is 2. The highest BCUT2D eigenvalue weighted by Crippen LogP contribution is 2.15. The van der Waals surface area contributed by atoms with E-state index in [1.54, 1.807) is 32.9 Å². The van der Waals surface area contributed by atoms with E-state index in [-0.39, 0.29) is 17.9 Å². The van der Waals surface area contributed by atoms with E-state index in [2.05, 4.69) is 5.32 Å². The van der Waals surface area contributed by atoms with Gasteiger partial charge < -0.3 is 15.2 Å². The van der Waals surface area contributed by atoms with Gasteiger partial charge in [-0.25, -0.2) is 9.59 Å². The van der Waals surface area contributed by atoms with Gasteiger partial charge in [-0.3, -0.25) is 4.18 Å². The average Bonchev–Trinajstić information content (AvgIpc) is 2.73. The third-order valence-electron chi connectivity index (χ3n) is 4.86. The molecule has 0 aromatic heterocycles. The topological polar surface area (TPSA) is 119 Å². The molecule has 0 bridgehead atoms. The van der Waals surface area contributed by atoms with Crippen LogP contribution in [0.4, 0.5) is 4.79 Å². The number of carbonyl (C=O) groups excluding carboxylic acids is 1. The van der Waals surface area contributed by atoms with Crippen molar-refractivity contribution in [2.45, 2.75) is 69.9 Å². The number of carbonyl (C=O) groups is 2. The minimum atomic E-state index is -3.75. The lowest BCUT2D eigenvalue weighted by molar-refractivity contribution is -0.139. The normalized spacial score (nSPS) is 12.7. The van der Waals surface area contributed by atoms with Crippen molar-refractivity contribution in [1.82, 2.24) is 5.32 Å². The molecule has 0 fully saturated rings. The summed E-state index contributed by atoms with van der Waals surface area (Å²) in [5, 5.41) is 11.8. The summed E-state index contributed by atoms with van der Waals surface area (Å²) in [5.74, 6) is -1.14. The molecule has 0 aliphatic heterocycles. The quantitative estimate of drug-likeness (QED) is 0.356. The fourth-order valence-corrected chi connectivity index (χ4v) is 4.04. The number of carboxylic acids is 1. The van der Waals surface area contributed by atoms with Gasteiger partial charge in [-0.2, -0.15) is 8.42 Å². The molecule has 0 saturated carbocycles. The standard InChI is InChI=1S/C25H33NO7S/c1-18-8-14-21(15-9-18)34(30,31)32-16-6-5-7-19-10-12-20(13-11-19)17-22(23(27)28)26-24(29)33-25(2,3)4/h8-15,22H,5-7,16-17H2,1-4H3,(H,26,29)(H,27,28). The van der Waals surface area contributed by atoms with E-state index >= 15 is 0 Å². The minimum Gasteiger partial charge on any atom is -0.480 e. The van der Waals surface area contributed by atoms with Crippen LogP contribution >= 0.6 is 0 Å². The number of benzene rings is 2. The van der Waals surface area contributed by atoms with Crippen LogP contribution in [-0.4, -0.2) is 43.8 Å². The zero-order valence-electron chi connectivity index (χ0n) is 20.0. The highest BCUT2D eigenvalue weighted by molar-refractivity contribution is 7.86. The maximum atomic E-state index is 12.2. The zero-order chi connectivity index (χ0) is 25.4. The lowest BCUT2D eigenvalue weighted by Gasteiger charge is -2.22. The summed E-state index contributed by atoms with van der Waals surface area (Å²) in [5.41, 5.74) is 2.06. The van der Waals surface area contributed by atoms with Crippen molar-refractivity contribution in [2.75, 3.05) is 6.61 Å². The molecule has 186 valence electrons. The number of amides is 1. The first-order chi connectivity index (χ1) is 15.9. The van der Waals surface area contributed by atoms with Crippen molar-refractivity contribution in [3.8, 4) is 0 Å². The molecular formula is C25H33NO7S. The Labute approximate surface area is 201 Å². The Bertz CT molecular complexity index is 1060. The first kappa shape index (κ1) is 27.3. The molecule has 34 heavy (non-hydrogen) atoms. The number of aryl methyl sites for hydroxylation is 2. The Kier molecular flexibility index (Phi) is 9.64. The van der Waals surface area contributed by atoms with E-state index in [0.717, 1.165) is 29.5 Å². The van der Waals surface area contributed by atoms with Crippen LogP contribution in [0.5, 0.6) is 0 Å². The highest BCUT2D eigenvalue weighted by atomic mass is 32.2. The molecule has 0 saturated heterocycles. The van der Waals surface area contributed by atoms with Crippen molar-refractivity contribution in [1.29, 1.82) is 0 Å². The second-order valence-corrected chi connectivity index (χ2v) is 10.7. The number of hydrogen-bond acceptors (Lipinski definition) is 6. The molecule has 0 heterocycles. The van der Waals surface area contributed by atoms with Gasteiger partial charge in [0.25, 0.3) is 10.1 Å². The largest absolute Gasteiger partial charge is 0.480 e. The Morgan fingerprint density at radius 2 is 1.56 bits per heavy atom. The number of ether oxygens (including phenoxy) is 1. The molecule has 2 aromatic carbocycles. The van der Waals surface area contributed by atoms with Crippen LogP contribution in [0, 0.1) is 6.92 Å². The maximum Gasteiger partial charge on any atom is 0.408 e. The molecule has 0 radical (unpaired) electrons. The molecule has 9 heteroatoms. The highest BCUT2D eigenvalue weighted by Gasteiger charge is 2.24. The van der Waals surface area contributed by atoms with E-state index < -0.39 is 33.8 Å². The van der Waals surface area contributed by atoms with E-state index in [1.165, 1.54) is 12.1 Å². The van der Waals surface area contributed by atoms with Crippen LogP contribution in [0.15, 0.2) is 53.4 Å². The van der Waals surface area contributed by atoms with Crippen LogP contribution < -0.4 is 5.32 Å². The fraction of sp³-hybridized carbons (Fsp3) is 0.440.